The lowest BCUT2D eigenvalue weighted by Gasteiger charge is -2.28. The third-order valence-corrected chi connectivity index (χ3v) is 6.58. The first kappa shape index (κ1) is 31.2. The van der Waals surface area contributed by atoms with Gasteiger partial charge in [-0.3, -0.25) is 24.4 Å². The highest BCUT2D eigenvalue weighted by molar-refractivity contribution is 5.82. The van der Waals surface area contributed by atoms with Crippen LogP contribution in [0.4, 0.5) is 0 Å². The molecule has 0 aromatic heterocycles. The Balaban J connectivity index is 1.57. The molecule has 10 heteroatoms. The van der Waals surface area contributed by atoms with Crippen LogP contribution < -0.4 is 10.9 Å². The number of hydroxylamine groups is 1. The molecule has 1 aliphatic heterocycles. The van der Waals surface area contributed by atoms with Crippen molar-refractivity contribution in [2.75, 3.05) is 6.54 Å². The van der Waals surface area contributed by atoms with Crippen molar-refractivity contribution in [2.24, 2.45) is 5.10 Å². The number of carbonyl (C=O) groups excluding carboxylic acids is 4. The van der Waals surface area contributed by atoms with Gasteiger partial charge < -0.3 is 9.64 Å². The molecule has 0 radical (unpaired) electrons. The predicted molar refractivity (Wildman–Crippen MR) is 153 cm³/mol. The highest BCUT2D eigenvalue weighted by Gasteiger charge is 2.24. The number of amides is 3. The highest BCUT2D eigenvalue weighted by Crippen LogP contribution is 2.22. The van der Waals surface area contributed by atoms with Crippen LogP contribution in [0, 0.1) is 0 Å². The molecule has 0 saturated carbocycles. The van der Waals surface area contributed by atoms with Crippen LogP contribution in [0.25, 0.3) is 0 Å². The molecule has 3 N–H and O–H groups in total. The minimum absolute atomic E-state index is 0.0165. The Labute approximate surface area is 240 Å². The van der Waals surface area contributed by atoms with Gasteiger partial charge in [0.1, 0.15) is 6.10 Å². The molecule has 0 spiro atoms. The number of rotatable bonds is 11. The molecule has 1 aliphatic rings. The van der Waals surface area contributed by atoms with Crippen LogP contribution in [-0.2, 0) is 30.5 Å². The number of unbranched alkanes of at least 4 members (excludes halogenated alkanes) is 2. The molecule has 0 saturated heterocycles. The summed E-state index contributed by atoms with van der Waals surface area (Å²) in [5.74, 6) is -0.965. The second-order valence-electron chi connectivity index (χ2n) is 9.84. The van der Waals surface area contributed by atoms with Gasteiger partial charge in [-0.15, -0.1) is 0 Å². The maximum absolute atomic E-state index is 13.2. The Hall–Kier alpha value is -4.31. The maximum atomic E-state index is 13.2. The summed E-state index contributed by atoms with van der Waals surface area (Å²) in [6, 6.07) is 17.0. The van der Waals surface area contributed by atoms with Crippen molar-refractivity contribution >= 4 is 29.9 Å². The van der Waals surface area contributed by atoms with Crippen molar-refractivity contribution < 1.29 is 29.1 Å². The van der Waals surface area contributed by atoms with E-state index in [-0.39, 0.29) is 37.2 Å². The molecule has 218 valence electrons. The number of benzene rings is 2. The predicted octanol–water partition coefficient (Wildman–Crippen LogP) is 4.34. The second-order valence-corrected chi connectivity index (χ2v) is 9.84. The summed E-state index contributed by atoms with van der Waals surface area (Å²) in [6.45, 7) is 0.611. The molecule has 41 heavy (non-hydrogen) atoms. The molecule has 1 heterocycles. The molecule has 3 rings (SSSR count). The first-order valence-electron chi connectivity index (χ1n) is 14.0. The van der Waals surface area contributed by atoms with Gasteiger partial charge in [0.2, 0.25) is 17.7 Å². The van der Waals surface area contributed by atoms with E-state index in [1.165, 1.54) is 0 Å². The normalized spacial score (nSPS) is 17.3. The first-order valence-corrected chi connectivity index (χ1v) is 14.0. The lowest BCUT2D eigenvalue weighted by Crippen LogP contribution is -2.35. The van der Waals surface area contributed by atoms with Crippen molar-refractivity contribution in [1.82, 2.24) is 15.8 Å². The number of hydrogen-bond donors (Lipinski definition) is 3. The number of hydrogen-bond acceptors (Lipinski definition) is 7. The van der Waals surface area contributed by atoms with E-state index in [1.54, 1.807) is 16.6 Å². The molecule has 3 amide bonds. The summed E-state index contributed by atoms with van der Waals surface area (Å²) in [6.07, 6.45) is 9.11. The van der Waals surface area contributed by atoms with Gasteiger partial charge in [0.25, 0.3) is 0 Å². The number of nitrogens with one attached hydrogen (secondary N) is 2. The van der Waals surface area contributed by atoms with E-state index in [1.807, 2.05) is 66.7 Å². The van der Waals surface area contributed by atoms with Crippen molar-refractivity contribution in [1.29, 1.82) is 0 Å². The number of hydrazone groups is 1. The fourth-order valence-corrected chi connectivity index (χ4v) is 4.32. The van der Waals surface area contributed by atoms with Crippen LogP contribution in [-0.4, -0.2) is 46.6 Å². The number of nitrogens with zero attached hydrogens (tertiary/aromatic N) is 2. The lowest BCUT2D eigenvalue weighted by atomic mass is 10.1. The molecule has 0 aliphatic carbocycles. The number of allylic oxidation sites excluding steroid dienone is 2. The van der Waals surface area contributed by atoms with Crippen LogP contribution in [0.15, 0.2) is 71.9 Å². The minimum atomic E-state index is -0.564. The van der Waals surface area contributed by atoms with Gasteiger partial charge in [-0.05, 0) is 42.4 Å². The Morgan fingerprint density at radius 1 is 0.927 bits per heavy atom. The van der Waals surface area contributed by atoms with Crippen LogP contribution in [0.2, 0.25) is 0 Å². The van der Waals surface area contributed by atoms with E-state index in [2.05, 4.69) is 10.5 Å². The standard InChI is InChI=1S/C31H38N4O6/c36-28(13-7-4-8-14-29(37)34-40)33-32-21-24-17-19-25(20-18-24)22-35-23-27(26-11-5-3-6-12-26)41-31(39)16-10-2-1-9-15-30(35)38/h1-3,5-6,11-12,17-21,27,40H,4,7-10,13-16,22-23H2,(H,33,36)(H,34,37)/b2-1+,32-21+/t27-/m0/s1. The molecule has 1 atom stereocenters. The van der Waals surface area contributed by atoms with E-state index in [0.29, 0.717) is 51.5 Å². The zero-order chi connectivity index (χ0) is 29.3. The molecular formula is C31H38N4O6. The SMILES string of the molecule is O=C(CCCCCC(=O)N/N=C/c1ccc(CN2C[C@@H](c3ccccc3)OC(=O)CC/C=C/CCC2=O)cc1)NO. The van der Waals surface area contributed by atoms with Crippen LogP contribution in [0.5, 0.6) is 0 Å². The van der Waals surface area contributed by atoms with Gasteiger partial charge in [-0.1, -0.05) is 73.2 Å². The van der Waals surface area contributed by atoms with E-state index in [4.69, 9.17) is 9.94 Å². The fourth-order valence-electron chi connectivity index (χ4n) is 4.32. The van der Waals surface area contributed by atoms with Crippen LogP contribution in [0.1, 0.15) is 80.6 Å². The average Bonchev–Trinajstić information content (AvgIpc) is 2.98. The highest BCUT2D eigenvalue weighted by atomic mass is 16.5. The third-order valence-electron chi connectivity index (χ3n) is 6.58. The van der Waals surface area contributed by atoms with Crippen LogP contribution in [0.3, 0.4) is 0 Å². The topological polar surface area (TPSA) is 137 Å². The van der Waals surface area contributed by atoms with Gasteiger partial charge in [0.15, 0.2) is 0 Å². The van der Waals surface area contributed by atoms with Gasteiger partial charge in [0, 0.05) is 32.2 Å². The summed E-state index contributed by atoms with van der Waals surface area (Å²) >= 11 is 0. The molecule has 2 aromatic rings. The molecule has 10 nitrogen and oxygen atoms in total. The Morgan fingerprint density at radius 2 is 1.61 bits per heavy atom. The summed E-state index contributed by atoms with van der Waals surface area (Å²) in [7, 11) is 0. The monoisotopic (exact) mass is 562 g/mol. The summed E-state index contributed by atoms with van der Waals surface area (Å²) in [5, 5.41) is 12.5. The molecule has 0 fully saturated rings. The average molecular weight is 563 g/mol. The smallest absolute Gasteiger partial charge is 0.306 e. The maximum Gasteiger partial charge on any atom is 0.306 e. The number of cyclic esters (lactones) is 1. The first-order chi connectivity index (χ1) is 19.9. The Bertz CT molecular complexity index is 1200. The lowest BCUT2D eigenvalue weighted by molar-refractivity contribution is -0.152. The fraction of sp³-hybridized carbons (Fsp3) is 0.387. The summed E-state index contributed by atoms with van der Waals surface area (Å²) in [4.78, 5) is 50.3. The van der Waals surface area contributed by atoms with Gasteiger partial charge in [-0.25, -0.2) is 10.9 Å². The van der Waals surface area contributed by atoms with Crippen molar-refractivity contribution in [2.45, 2.75) is 70.4 Å². The van der Waals surface area contributed by atoms with Gasteiger partial charge >= 0.3 is 5.97 Å². The van der Waals surface area contributed by atoms with Crippen molar-refractivity contribution in [3.8, 4) is 0 Å². The third kappa shape index (κ3) is 11.8. The van der Waals surface area contributed by atoms with E-state index in [0.717, 1.165) is 16.7 Å². The molecule has 0 bridgehead atoms. The quantitative estimate of drug-likeness (QED) is 0.0931. The number of carbonyl (C=O) groups is 4. The van der Waals surface area contributed by atoms with Gasteiger partial charge in [0.05, 0.1) is 12.8 Å². The van der Waals surface area contributed by atoms with E-state index in [9.17, 15) is 19.2 Å². The molecule has 2 aromatic carbocycles. The summed E-state index contributed by atoms with van der Waals surface area (Å²) in [5.41, 5.74) is 6.62. The second kappa shape index (κ2) is 17.4. The number of ether oxygens (including phenoxy) is 1. The summed E-state index contributed by atoms with van der Waals surface area (Å²) < 4.78 is 5.82. The van der Waals surface area contributed by atoms with Crippen molar-refractivity contribution in [3.05, 3.63) is 83.4 Å². The molecule has 0 unspecified atom stereocenters. The largest absolute Gasteiger partial charge is 0.456 e. The van der Waals surface area contributed by atoms with Crippen LogP contribution >= 0.6 is 0 Å². The Kier molecular flexibility index (Phi) is 13.2. The van der Waals surface area contributed by atoms with E-state index >= 15 is 0 Å². The van der Waals surface area contributed by atoms with E-state index < -0.39 is 12.0 Å². The molecular weight excluding hydrogens is 524 g/mol. The minimum Gasteiger partial charge on any atom is -0.456 e. The Morgan fingerprint density at radius 3 is 2.32 bits per heavy atom. The van der Waals surface area contributed by atoms with Crippen molar-refractivity contribution in [3.63, 3.8) is 0 Å². The van der Waals surface area contributed by atoms with Gasteiger partial charge in [-0.2, -0.15) is 5.10 Å². The zero-order valence-electron chi connectivity index (χ0n) is 23.2. The number of esters is 1. The zero-order valence-corrected chi connectivity index (χ0v) is 23.2.